The summed E-state index contributed by atoms with van der Waals surface area (Å²) in [7, 11) is 0. The average Bonchev–Trinajstić information content (AvgIpc) is 2.82. The lowest BCUT2D eigenvalue weighted by Gasteiger charge is -2.06. The van der Waals surface area contributed by atoms with Crippen LogP contribution in [0.5, 0.6) is 0 Å². The number of nitrogens with zero attached hydrogens (tertiary/aromatic N) is 5. The van der Waals surface area contributed by atoms with Crippen LogP contribution in [0.3, 0.4) is 0 Å². The molecule has 8 heteroatoms. The predicted molar refractivity (Wildman–Crippen MR) is 56.7 cm³/mol. The second-order valence-corrected chi connectivity index (χ2v) is 3.20. The predicted octanol–water partition coefficient (Wildman–Crippen LogP) is 0.410. The van der Waals surface area contributed by atoms with Crippen molar-refractivity contribution in [2.75, 3.05) is 0 Å². The lowest BCUT2D eigenvalue weighted by Crippen LogP contribution is -2.15. The van der Waals surface area contributed by atoms with Crippen LogP contribution in [-0.4, -0.2) is 30.8 Å². The van der Waals surface area contributed by atoms with Gasteiger partial charge in [-0.1, -0.05) is 16.8 Å². The highest BCUT2D eigenvalue weighted by Gasteiger charge is 2.12. The Bertz CT molecular complexity index is 523. The average molecular weight is 239 g/mol. The molecule has 0 aliphatic heterocycles. The van der Waals surface area contributed by atoms with Crippen molar-refractivity contribution in [3.8, 4) is 5.82 Å². The van der Waals surface area contributed by atoms with Gasteiger partial charge in [0.25, 0.3) is 0 Å². The van der Waals surface area contributed by atoms with E-state index >= 15 is 0 Å². The van der Waals surface area contributed by atoms with Crippen LogP contribution in [0.4, 0.5) is 0 Å². The van der Waals surface area contributed by atoms with Gasteiger partial charge in [-0.15, -0.1) is 0 Å². The summed E-state index contributed by atoms with van der Waals surface area (Å²) in [4.78, 5) is 7.81. The maximum absolute atomic E-state index is 8.58. The number of hydrogen-bond donors (Lipinski definition) is 2. The van der Waals surface area contributed by atoms with Gasteiger partial charge in [0.15, 0.2) is 11.7 Å². The van der Waals surface area contributed by atoms with E-state index in [1.165, 1.54) is 29.6 Å². The molecule has 3 N–H and O–H groups in total. The highest BCUT2D eigenvalue weighted by Crippen LogP contribution is 2.21. The molecule has 82 valence electrons. The first kappa shape index (κ1) is 10.4. The first-order valence-corrected chi connectivity index (χ1v) is 4.59. The van der Waals surface area contributed by atoms with Crippen LogP contribution in [0.2, 0.25) is 5.02 Å². The van der Waals surface area contributed by atoms with Gasteiger partial charge in [0.2, 0.25) is 0 Å². The molecule has 0 aliphatic carbocycles. The number of aromatic nitrogens is 4. The molecular weight excluding hydrogens is 232 g/mol. The van der Waals surface area contributed by atoms with Crippen LogP contribution in [0.15, 0.2) is 30.1 Å². The standard InChI is InChI=1S/C8H7ClN6O/c9-6-5(7(10)14-16)1-2-12-8(6)15-4-11-3-13-15/h1-4,16H,(H2,10,14). The summed E-state index contributed by atoms with van der Waals surface area (Å²) < 4.78 is 1.39. The molecule has 2 aromatic heterocycles. The topological polar surface area (TPSA) is 102 Å². The van der Waals surface area contributed by atoms with E-state index in [1.807, 2.05) is 0 Å². The molecule has 2 aromatic rings. The minimum Gasteiger partial charge on any atom is -0.409 e. The van der Waals surface area contributed by atoms with Crippen molar-refractivity contribution in [1.29, 1.82) is 0 Å². The third kappa shape index (κ3) is 1.68. The second-order valence-electron chi connectivity index (χ2n) is 2.82. The molecule has 0 amide bonds. The van der Waals surface area contributed by atoms with E-state index < -0.39 is 0 Å². The maximum atomic E-state index is 8.58. The van der Waals surface area contributed by atoms with Crippen LogP contribution in [0.25, 0.3) is 5.82 Å². The molecule has 0 saturated carbocycles. The van der Waals surface area contributed by atoms with E-state index in [1.54, 1.807) is 0 Å². The quantitative estimate of drug-likeness (QED) is 0.341. The minimum atomic E-state index is -0.0891. The number of pyridine rings is 1. The van der Waals surface area contributed by atoms with E-state index in [0.29, 0.717) is 11.4 Å². The summed E-state index contributed by atoms with van der Waals surface area (Å²) in [6.45, 7) is 0. The normalized spacial score (nSPS) is 11.7. The Kier molecular flexibility index (Phi) is 2.69. The van der Waals surface area contributed by atoms with Crippen molar-refractivity contribution in [1.82, 2.24) is 19.7 Å². The Balaban J connectivity index is 2.58. The lowest BCUT2D eigenvalue weighted by atomic mass is 10.2. The summed E-state index contributed by atoms with van der Waals surface area (Å²) in [6.07, 6.45) is 4.29. The molecular formula is C8H7ClN6O. The highest BCUT2D eigenvalue weighted by atomic mass is 35.5. The molecule has 0 aliphatic rings. The Morgan fingerprint density at radius 2 is 2.38 bits per heavy atom. The number of amidine groups is 1. The SMILES string of the molecule is N/C(=N/O)c1ccnc(-n2cncn2)c1Cl. The van der Waals surface area contributed by atoms with Gasteiger partial charge in [0.05, 0.1) is 5.02 Å². The van der Waals surface area contributed by atoms with Gasteiger partial charge < -0.3 is 10.9 Å². The number of halogens is 1. The molecule has 0 fully saturated rings. The fourth-order valence-electron chi connectivity index (χ4n) is 1.16. The summed E-state index contributed by atoms with van der Waals surface area (Å²) in [6, 6.07) is 1.54. The Hall–Kier alpha value is -2.15. The van der Waals surface area contributed by atoms with Gasteiger partial charge in [0, 0.05) is 11.8 Å². The first-order chi connectivity index (χ1) is 7.74. The monoisotopic (exact) mass is 238 g/mol. The Morgan fingerprint density at radius 3 is 3.00 bits per heavy atom. The molecule has 0 saturated heterocycles. The number of oxime groups is 1. The molecule has 0 aromatic carbocycles. The van der Waals surface area contributed by atoms with Crippen molar-refractivity contribution in [2.24, 2.45) is 10.9 Å². The summed E-state index contributed by atoms with van der Waals surface area (Å²) in [5.74, 6) is 0.275. The van der Waals surface area contributed by atoms with Crippen molar-refractivity contribution in [3.05, 3.63) is 35.5 Å². The van der Waals surface area contributed by atoms with Crippen LogP contribution >= 0.6 is 11.6 Å². The summed E-state index contributed by atoms with van der Waals surface area (Å²) in [5.41, 5.74) is 5.84. The van der Waals surface area contributed by atoms with Gasteiger partial charge in [-0.3, -0.25) is 0 Å². The molecule has 2 rings (SSSR count). The maximum Gasteiger partial charge on any atom is 0.174 e. The molecule has 0 bridgehead atoms. The highest BCUT2D eigenvalue weighted by molar-refractivity contribution is 6.35. The van der Waals surface area contributed by atoms with Crippen molar-refractivity contribution in [2.45, 2.75) is 0 Å². The summed E-state index contributed by atoms with van der Waals surface area (Å²) in [5, 5.41) is 15.6. The number of rotatable bonds is 2. The molecule has 7 nitrogen and oxygen atoms in total. The van der Waals surface area contributed by atoms with Crippen LogP contribution in [-0.2, 0) is 0 Å². The van der Waals surface area contributed by atoms with Gasteiger partial charge in [-0.25, -0.2) is 14.6 Å². The summed E-state index contributed by atoms with van der Waals surface area (Å²) >= 11 is 6.05. The first-order valence-electron chi connectivity index (χ1n) is 4.21. The molecule has 0 radical (unpaired) electrons. The van der Waals surface area contributed by atoms with Gasteiger partial charge >= 0.3 is 0 Å². The Morgan fingerprint density at radius 1 is 1.56 bits per heavy atom. The number of nitrogens with two attached hydrogens (primary N) is 1. The zero-order valence-corrected chi connectivity index (χ0v) is 8.70. The van der Waals surface area contributed by atoms with Crippen molar-refractivity contribution < 1.29 is 5.21 Å². The fourth-order valence-corrected chi connectivity index (χ4v) is 1.46. The molecule has 0 atom stereocenters. The van der Waals surface area contributed by atoms with Crippen molar-refractivity contribution in [3.63, 3.8) is 0 Å². The van der Waals surface area contributed by atoms with Crippen molar-refractivity contribution >= 4 is 17.4 Å². The van der Waals surface area contributed by atoms with E-state index in [0.717, 1.165) is 0 Å². The largest absolute Gasteiger partial charge is 0.409 e. The molecule has 0 spiro atoms. The van der Waals surface area contributed by atoms with E-state index in [2.05, 4.69) is 20.2 Å². The zero-order valence-electron chi connectivity index (χ0n) is 7.95. The smallest absolute Gasteiger partial charge is 0.174 e. The lowest BCUT2D eigenvalue weighted by molar-refractivity contribution is 0.318. The van der Waals surface area contributed by atoms with Crippen LogP contribution < -0.4 is 5.73 Å². The van der Waals surface area contributed by atoms with Gasteiger partial charge in [-0.2, -0.15) is 5.10 Å². The van der Waals surface area contributed by atoms with E-state index in [9.17, 15) is 0 Å². The van der Waals surface area contributed by atoms with E-state index in [-0.39, 0.29) is 10.9 Å². The van der Waals surface area contributed by atoms with E-state index in [4.69, 9.17) is 22.5 Å². The zero-order chi connectivity index (χ0) is 11.5. The second kappa shape index (κ2) is 4.15. The minimum absolute atomic E-state index is 0.0891. The number of hydrogen-bond acceptors (Lipinski definition) is 5. The third-order valence-corrected chi connectivity index (χ3v) is 2.26. The van der Waals surface area contributed by atoms with Gasteiger partial charge in [0.1, 0.15) is 12.7 Å². The third-order valence-electron chi connectivity index (χ3n) is 1.89. The fraction of sp³-hybridized carbons (Fsp3) is 0. The molecule has 16 heavy (non-hydrogen) atoms. The van der Waals surface area contributed by atoms with Crippen LogP contribution in [0.1, 0.15) is 5.56 Å². The Labute approximate surface area is 95.2 Å². The van der Waals surface area contributed by atoms with Gasteiger partial charge in [-0.05, 0) is 6.07 Å². The molecule has 2 heterocycles. The van der Waals surface area contributed by atoms with Crippen LogP contribution in [0, 0.1) is 0 Å². The molecule has 0 unspecified atom stereocenters.